The molecule has 12 heavy (non-hydrogen) atoms. The Morgan fingerprint density at radius 1 is 1.33 bits per heavy atom. The second-order valence-electron chi connectivity index (χ2n) is 4.13. The van der Waals surface area contributed by atoms with Crippen LogP contribution in [-0.4, -0.2) is 36.9 Å². The summed E-state index contributed by atoms with van der Waals surface area (Å²) in [5.74, 6) is 0.828. The minimum atomic E-state index is 0.518. The van der Waals surface area contributed by atoms with Gasteiger partial charge in [0.05, 0.1) is 6.10 Å². The standard InChI is InChI=1S/C9H16N2O/c1-2-8-7-3-5-12-9(7)6-10-11(8)4-1/h7-10H,1-6H2. The molecule has 0 saturated carbocycles. The fraction of sp³-hybridized carbons (Fsp3) is 1.00. The van der Waals surface area contributed by atoms with E-state index in [4.69, 9.17) is 4.74 Å². The van der Waals surface area contributed by atoms with E-state index in [1.165, 1.54) is 25.8 Å². The van der Waals surface area contributed by atoms with Crippen molar-refractivity contribution in [2.24, 2.45) is 5.92 Å². The van der Waals surface area contributed by atoms with Gasteiger partial charge < -0.3 is 4.74 Å². The molecule has 0 bridgehead atoms. The first kappa shape index (κ1) is 7.30. The van der Waals surface area contributed by atoms with Crippen molar-refractivity contribution in [2.75, 3.05) is 19.7 Å². The molecule has 3 fully saturated rings. The lowest BCUT2D eigenvalue weighted by Crippen LogP contribution is -2.56. The van der Waals surface area contributed by atoms with Gasteiger partial charge in [-0.25, -0.2) is 5.01 Å². The molecule has 0 spiro atoms. The molecule has 1 N–H and O–H groups in total. The molecule has 3 nitrogen and oxygen atoms in total. The molecule has 3 heterocycles. The lowest BCUT2D eigenvalue weighted by molar-refractivity contribution is -0.00701. The van der Waals surface area contributed by atoms with E-state index in [0.29, 0.717) is 6.10 Å². The Bertz CT molecular complexity index is 165. The van der Waals surface area contributed by atoms with Gasteiger partial charge in [0.15, 0.2) is 0 Å². The summed E-state index contributed by atoms with van der Waals surface area (Å²) in [6.45, 7) is 3.27. The van der Waals surface area contributed by atoms with Crippen LogP contribution in [0, 0.1) is 5.92 Å². The Labute approximate surface area is 73.0 Å². The lowest BCUT2D eigenvalue weighted by Gasteiger charge is -2.38. The molecule has 0 aromatic heterocycles. The van der Waals surface area contributed by atoms with E-state index < -0.39 is 0 Å². The van der Waals surface area contributed by atoms with Gasteiger partial charge >= 0.3 is 0 Å². The summed E-state index contributed by atoms with van der Waals surface area (Å²) in [4.78, 5) is 0. The first-order chi connectivity index (χ1) is 5.95. The van der Waals surface area contributed by atoms with Crippen LogP contribution in [0.4, 0.5) is 0 Å². The smallest absolute Gasteiger partial charge is 0.0757 e. The highest BCUT2D eigenvalue weighted by molar-refractivity contribution is 4.94. The summed E-state index contributed by atoms with van der Waals surface area (Å²) >= 11 is 0. The van der Waals surface area contributed by atoms with Crippen LogP contribution in [-0.2, 0) is 4.74 Å². The Kier molecular flexibility index (Phi) is 1.63. The van der Waals surface area contributed by atoms with Crippen LogP contribution in [0.15, 0.2) is 0 Å². The van der Waals surface area contributed by atoms with E-state index in [0.717, 1.165) is 25.1 Å². The van der Waals surface area contributed by atoms with Gasteiger partial charge in [-0.15, -0.1) is 0 Å². The summed E-state index contributed by atoms with van der Waals surface area (Å²) in [5, 5.41) is 2.44. The fourth-order valence-electron chi connectivity index (χ4n) is 2.96. The number of fused-ring (bicyclic) bond motifs is 3. The van der Waals surface area contributed by atoms with Crippen LogP contribution < -0.4 is 5.43 Å². The van der Waals surface area contributed by atoms with Gasteiger partial charge in [-0.1, -0.05) is 0 Å². The maximum Gasteiger partial charge on any atom is 0.0757 e. The summed E-state index contributed by atoms with van der Waals surface area (Å²) in [7, 11) is 0. The Morgan fingerprint density at radius 2 is 2.33 bits per heavy atom. The quantitative estimate of drug-likeness (QED) is 0.565. The van der Waals surface area contributed by atoms with Crippen molar-refractivity contribution in [1.82, 2.24) is 10.4 Å². The second-order valence-corrected chi connectivity index (χ2v) is 4.13. The Morgan fingerprint density at radius 3 is 3.33 bits per heavy atom. The number of hydrogen-bond acceptors (Lipinski definition) is 3. The number of hydrazine groups is 1. The number of nitrogens with one attached hydrogen (secondary N) is 1. The van der Waals surface area contributed by atoms with Crippen LogP contribution in [0.3, 0.4) is 0 Å². The van der Waals surface area contributed by atoms with E-state index in [1.54, 1.807) is 0 Å². The largest absolute Gasteiger partial charge is 0.376 e. The topological polar surface area (TPSA) is 24.5 Å². The fourth-order valence-corrected chi connectivity index (χ4v) is 2.96. The third-order valence-corrected chi connectivity index (χ3v) is 3.55. The summed E-state index contributed by atoms with van der Waals surface area (Å²) < 4.78 is 5.68. The average molecular weight is 168 g/mol. The minimum absolute atomic E-state index is 0.518. The van der Waals surface area contributed by atoms with E-state index in [2.05, 4.69) is 10.4 Å². The predicted molar refractivity (Wildman–Crippen MR) is 45.6 cm³/mol. The van der Waals surface area contributed by atoms with Crippen molar-refractivity contribution in [3.8, 4) is 0 Å². The summed E-state index contributed by atoms with van der Waals surface area (Å²) in [5.41, 5.74) is 3.46. The summed E-state index contributed by atoms with van der Waals surface area (Å²) in [6.07, 6.45) is 4.54. The van der Waals surface area contributed by atoms with Crippen molar-refractivity contribution >= 4 is 0 Å². The van der Waals surface area contributed by atoms with Crippen LogP contribution >= 0.6 is 0 Å². The van der Waals surface area contributed by atoms with E-state index in [-0.39, 0.29) is 0 Å². The van der Waals surface area contributed by atoms with E-state index in [9.17, 15) is 0 Å². The van der Waals surface area contributed by atoms with Crippen molar-refractivity contribution in [3.05, 3.63) is 0 Å². The first-order valence-electron chi connectivity index (χ1n) is 5.07. The number of rotatable bonds is 0. The Hall–Kier alpha value is -0.120. The van der Waals surface area contributed by atoms with Crippen LogP contribution in [0.1, 0.15) is 19.3 Å². The molecule has 3 heteroatoms. The van der Waals surface area contributed by atoms with Gasteiger partial charge in [-0.2, -0.15) is 0 Å². The van der Waals surface area contributed by atoms with E-state index in [1.807, 2.05) is 0 Å². The predicted octanol–water partition coefficient (Wildman–Crippen LogP) is 0.374. The molecule has 3 aliphatic rings. The van der Waals surface area contributed by atoms with Crippen LogP contribution in [0.5, 0.6) is 0 Å². The SMILES string of the molecule is C1CC2C3CCOC3CNN2C1. The lowest BCUT2D eigenvalue weighted by atomic mass is 9.90. The van der Waals surface area contributed by atoms with E-state index >= 15 is 0 Å². The maximum atomic E-state index is 5.68. The zero-order chi connectivity index (χ0) is 7.97. The van der Waals surface area contributed by atoms with Crippen LogP contribution in [0.25, 0.3) is 0 Å². The third-order valence-electron chi connectivity index (χ3n) is 3.55. The number of hydrogen-bond donors (Lipinski definition) is 1. The normalized spacial score (nSPS) is 47.5. The van der Waals surface area contributed by atoms with Crippen molar-refractivity contribution in [1.29, 1.82) is 0 Å². The minimum Gasteiger partial charge on any atom is -0.376 e. The summed E-state index contributed by atoms with van der Waals surface area (Å²) in [6, 6.07) is 0.784. The van der Waals surface area contributed by atoms with Gasteiger partial charge in [0.1, 0.15) is 0 Å². The van der Waals surface area contributed by atoms with Crippen molar-refractivity contribution in [3.63, 3.8) is 0 Å². The van der Waals surface area contributed by atoms with Crippen molar-refractivity contribution in [2.45, 2.75) is 31.4 Å². The number of nitrogens with zero attached hydrogens (tertiary/aromatic N) is 1. The molecule has 3 rings (SSSR count). The van der Waals surface area contributed by atoms with Gasteiger partial charge in [-0.3, -0.25) is 5.43 Å². The highest BCUT2D eigenvalue weighted by Crippen LogP contribution is 2.34. The zero-order valence-corrected chi connectivity index (χ0v) is 7.33. The van der Waals surface area contributed by atoms with Gasteiger partial charge in [0.2, 0.25) is 0 Å². The molecule has 3 unspecified atom stereocenters. The molecule has 0 radical (unpaired) electrons. The second kappa shape index (κ2) is 2.69. The molecule has 68 valence electrons. The van der Waals surface area contributed by atoms with Crippen molar-refractivity contribution < 1.29 is 4.74 Å². The highest BCUT2D eigenvalue weighted by Gasteiger charge is 2.43. The number of ether oxygens (including phenoxy) is 1. The monoisotopic (exact) mass is 168 g/mol. The van der Waals surface area contributed by atoms with Gasteiger partial charge in [0.25, 0.3) is 0 Å². The molecular weight excluding hydrogens is 152 g/mol. The highest BCUT2D eigenvalue weighted by atomic mass is 16.5. The molecule has 0 aliphatic carbocycles. The molecule has 0 aromatic rings. The first-order valence-corrected chi connectivity index (χ1v) is 5.07. The molecule has 0 amide bonds. The van der Waals surface area contributed by atoms with Gasteiger partial charge in [0, 0.05) is 31.7 Å². The maximum absolute atomic E-state index is 5.68. The van der Waals surface area contributed by atoms with Crippen LogP contribution in [0.2, 0.25) is 0 Å². The average Bonchev–Trinajstić information content (AvgIpc) is 2.71. The zero-order valence-electron chi connectivity index (χ0n) is 7.33. The molecular formula is C9H16N2O. The molecule has 3 atom stereocenters. The van der Waals surface area contributed by atoms with Gasteiger partial charge in [-0.05, 0) is 19.3 Å². The third kappa shape index (κ3) is 0.934. The molecule has 3 aliphatic heterocycles. The Balaban J connectivity index is 1.81. The molecule has 0 aromatic carbocycles. The molecule has 3 saturated heterocycles.